The highest BCUT2D eigenvalue weighted by Gasteiger charge is 2.21. The molecule has 1 aromatic heterocycles. The van der Waals surface area contributed by atoms with Gasteiger partial charge in [-0.25, -0.2) is 0 Å². The molecule has 7 nitrogen and oxygen atoms in total. The Bertz CT molecular complexity index is 694. The Hall–Kier alpha value is -1.96. The summed E-state index contributed by atoms with van der Waals surface area (Å²) in [7, 11) is 3.74. The fraction of sp³-hybridized carbons (Fsp3) is 0.600. The van der Waals surface area contributed by atoms with Gasteiger partial charge in [0.15, 0.2) is 0 Å². The van der Waals surface area contributed by atoms with Crippen LogP contribution in [-0.4, -0.2) is 71.5 Å². The number of rotatable bonds is 8. The molecule has 1 atom stereocenters. The van der Waals surface area contributed by atoms with Crippen LogP contribution in [-0.2, 0) is 6.54 Å². The molecule has 1 aliphatic heterocycles. The maximum Gasteiger partial charge on any atom is 0.247 e. The Morgan fingerprint density at radius 1 is 1.26 bits per heavy atom. The summed E-state index contributed by atoms with van der Waals surface area (Å²) in [5.74, 6) is 2.64. The van der Waals surface area contributed by atoms with E-state index < -0.39 is 0 Å². The van der Waals surface area contributed by atoms with Crippen LogP contribution < -0.4 is 4.74 Å². The predicted molar refractivity (Wildman–Crippen MR) is 103 cm³/mol. The molecular formula is C20H30N4O3. The zero-order valence-electron chi connectivity index (χ0n) is 16.5. The van der Waals surface area contributed by atoms with Crippen LogP contribution in [0, 0.1) is 5.92 Å². The SMILES string of the molecule is COc1ccc(-c2nnc(CN(C)CC3CCN(CC(C)O)CC3)o2)cc1. The van der Waals surface area contributed by atoms with Crippen LogP contribution in [0.5, 0.6) is 5.75 Å². The zero-order chi connectivity index (χ0) is 19.2. The number of methoxy groups -OCH3 is 1. The molecule has 27 heavy (non-hydrogen) atoms. The Morgan fingerprint density at radius 2 is 1.96 bits per heavy atom. The van der Waals surface area contributed by atoms with Crippen molar-refractivity contribution in [3.8, 4) is 17.2 Å². The van der Waals surface area contributed by atoms with Crippen LogP contribution in [0.15, 0.2) is 28.7 Å². The second-order valence-corrected chi connectivity index (χ2v) is 7.52. The first-order valence-corrected chi connectivity index (χ1v) is 9.59. The molecule has 0 radical (unpaired) electrons. The molecule has 1 unspecified atom stereocenters. The lowest BCUT2D eigenvalue weighted by molar-refractivity contribution is 0.0911. The molecule has 1 N–H and O–H groups in total. The number of hydrogen-bond acceptors (Lipinski definition) is 7. The van der Waals surface area contributed by atoms with Crippen molar-refractivity contribution in [2.45, 2.75) is 32.4 Å². The van der Waals surface area contributed by atoms with E-state index in [1.54, 1.807) is 7.11 Å². The van der Waals surface area contributed by atoms with Crippen molar-refractivity contribution in [1.29, 1.82) is 0 Å². The number of hydrogen-bond donors (Lipinski definition) is 1. The normalized spacial score (nSPS) is 17.4. The molecule has 3 rings (SSSR count). The van der Waals surface area contributed by atoms with Crippen LogP contribution in [0.25, 0.3) is 11.5 Å². The Kier molecular flexibility index (Phi) is 6.82. The van der Waals surface area contributed by atoms with Crippen LogP contribution in [0.1, 0.15) is 25.7 Å². The molecule has 0 bridgehead atoms. The van der Waals surface area contributed by atoms with Gasteiger partial charge in [0, 0.05) is 18.7 Å². The molecule has 2 heterocycles. The third-order valence-electron chi connectivity index (χ3n) is 5.01. The van der Waals surface area contributed by atoms with Gasteiger partial charge >= 0.3 is 0 Å². The highest BCUT2D eigenvalue weighted by atomic mass is 16.5. The fourth-order valence-corrected chi connectivity index (χ4v) is 3.63. The highest BCUT2D eigenvalue weighted by Crippen LogP contribution is 2.22. The molecule has 0 saturated carbocycles. The second kappa shape index (κ2) is 9.30. The standard InChI is InChI=1S/C20H30N4O3/c1-15(25)12-24-10-8-16(9-11-24)13-23(2)14-19-21-22-20(27-19)17-4-6-18(26-3)7-5-17/h4-7,15-16,25H,8-14H2,1-3H3. The van der Waals surface area contributed by atoms with Crippen LogP contribution in [0.4, 0.5) is 0 Å². The van der Waals surface area contributed by atoms with E-state index in [0.29, 0.717) is 24.2 Å². The van der Waals surface area contributed by atoms with E-state index in [9.17, 15) is 5.11 Å². The van der Waals surface area contributed by atoms with Gasteiger partial charge < -0.3 is 19.2 Å². The summed E-state index contributed by atoms with van der Waals surface area (Å²) < 4.78 is 11.0. The third kappa shape index (κ3) is 5.76. The van der Waals surface area contributed by atoms with Crippen molar-refractivity contribution in [1.82, 2.24) is 20.0 Å². The Balaban J connectivity index is 1.47. The largest absolute Gasteiger partial charge is 0.497 e. The first kappa shape index (κ1) is 19.8. The summed E-state index contributed by atoms with van der Waals surface area (Å²) in [6, 6.07) is 7.60. The van der Waals surface area contributed by atoms with E-state index in [1.807, 2.05) is 31.2 Å². The van der Waals surface area contributed by atoms with Gasteiger partial charge in [-0.3, -0.25) is 4.90 Å². The van der Waals surface area contributed by atoms with E-state index in [4.69, 9.17) is 9.15 Å². The molecular weight excluding hydrogens is 344 g/mol. The van der Waals surface area contributed by atoms with E-state index >= 15 is 0 Å². The van der Waals surface area contributed by atoms with Gasteiger partial charge in [-0.05, 0) is 70.1 Å². The van der Waals surface area contributed by atoms with Crippen molar-refractivity contribution in [2.24, 2.45) is 5.92 Å². The van der Waals surface area contributed by atoms with Gasteiger partial charge in [0.05, 0.1) is 19.8 Å². The molecule has 148 valence electrons. The highest BCUT2D eigenvalue weighted by molar-refractivity contribution is 5.53. The molecule has 0 spiro atoms. The fourth-order valence-electron chi connectivity index (χ4n) is 3.63. The Morgan fingerprint density at radius 3 is 2.59 bits per heavy atom. The average Bonchev–Trinajstić information content (AvgIpc) is 3.11. The van der Waals surface area contributed by atoms with Gasteiger partial charge in [0.2, 0.25) is 11.8 Å². The molecule has 1 aromatic carbocycles. The van der Waals surface area contributed by atoms with E-state index in [-0.39, 0.29) is 6.10 Å². The molecule has 1 saturated heterocycles. The number of piperidine rings is 1. The average molecular weight is 374 g/mol. The molecule has 7 heteroatoms. The number of aliphatic hydroxyl groups excluding tert-OH is 1. The van der Waals surface area contributed by atoms with Gasteiger partial charge in [0.25, 0.3) is 0 Å². The molecule has 1 fully saturated rings. The second-order valence-electron chi connectivity index (χ2n) is 7.52. The summed E-state index contributed by atoms with van der Waals surface area (Å²) in [6.45, 7) is 6.42. The lowest BCUT2D eigenvalue weighted by atomic mass is 9.96. The monoisotopic (exact) mass is 374 g/mol. The van der Waals surface area contributed by atoms with Crippen molar-refractivity contribution < 1.29 is 14.3 Å². The van der Waals surface area contributed by atoms with Crippen molar-refractivity contribution >= 4 is 0 Å². The van der Waals surface area contributed by atoms with Gasteiger partial charge in [0.1, 0.15) is 5.75 Å². The number of benzene rings is 1. The first-order valence-electron chi connectivity index (χ1n) is 9.59. The van der Waals surface area contributed by atoms with Crippen LogP contribution in [0.2, 0.25) is 0 Å². The van der Waals surface area contributed by atoms with Crippen molar-refractivity contribution in [3.05, 3.63) is 30.2 Å². The Labute approximate surface area is 160 Å². The molecule has 0 amide bonds. The summed E-state index contributed by atoms with van der Waals surface area (Å²) >= 11 is 0. The minimum Gasteiger partial charge on any atom is -0.497 e. The van der Waals surface area contributed by atoms with Crippen molar-refractivity contribution in [2.75, 3.05) is 40.3 Å². The minimum atomic E-state index is -0.248. The molecule has 1 aliphatic rings. The number of β-amino-alcohol motifs (C(OH)–C–C–N with tert-alkyl or cyclic N) is 1. The summed E-state index contributed by atoms with van der Waals surface area (Å²) in [4.78, 5) is 4.60. The molecule has 2 aromatic rings. The summed E-state index contributed by atoms with van der Waals surface area (Å²) in [5.41, 5.74) is 0.891. The molecule has 0 aliphatic carbocycles. The maximum atomic E-state index is 9.51. The maximum absolute atomic E-state index is 9.51. The third-order valence-corrected chi connectivity index (χ3v) is 5.01. The zero-order valence-corrected chi connectivity index (χ0v) is 16.5. The lowest BCUT2D eigenvalue weighted by Gasteiger charge is -2.34. The van der Waals surface area contributed by atoms with Crippen LogP contribution in [0.3, 0.4) is 0 Å². The van der Waals surface area contributed by atoms with Crippen molar-refractivity contribution in [3.63, 3.8) is 0 Å². The first-order chi connectivity index (χ1) is 13.0. The van der Waals surface area contributed by atoms with E-state index in [2.05, 4.69) is 27.0 Å². The number of aliphatic hydroxyl groups is 1. The number of aromatic nitrogens is 2. The van der Waals surface area contributed by atoms with Crippen LogP contribution >= 0.6 is 0 Å². The number of nitrogens with zero attached hydrogens (tertiary/aromatic N) is 4. The number of ether oxygens (including phenoxy) is 1. The van der Waals surface area contributed by atoms with E-state index in [0.717, 1.165) is 50.3 Å². The lowest BCUT2D eigenvalue weighted by Crippen LogP contribution is -2.40. The summed E-state index contributed by atoms with van der Waals surface area (Å²) in [6.07, 6.45) is 2.08. The quantitative estimate of drug-likeness (QED) is 0.760. The smallest absolute Gasteiger partial charge is 0.247 e. The minimum absolute atomic E-state index is 0.248. The number of likely N-dealkylation sites (tertiary alicyclic amines) is 1. The van der Waals surface area contributed by atoms with Gasteiger partial charge in [-0.2, -0.15) is 0 Å². The van der Waals surface area contributed by atoms with E-state index in [1.165, 1.54) is 0 Å². The van der Waals surface area contributed by atoms with Gasteiger partial charge in [-0.15, -0.1) is 10.2 Å². The van der Waals surface area contributed by atoms with Gasteiger partial charge in [-0.1, -0.05) is 0 Å². The summed E-state index contributed by atoms with van der Waals surface area (Å²) in [5, 5.41) is 17.9. The topological polar surface area (TPSA) is 74.9 Å². The predicted octanol–water partition coefficient (Wildman–Crippen LogP) is 2.27.